The monoisotopic (exact) mass is 1280 g/mol. The third-order valence-electron chi connectivity index (χ3n) is 13.8. The van der Waals surface area contributed by atoms with Crippen LogP contribution in [-0.4, -0.2) is 14.1 Å². The summed E-state index contributed by atoms with van der Waals surface area (Å²) < 4.78 is 382. The zero-order valence-electron chi connectivity index (χ0n) is 83.3. The minimum Gasteiger partial charge on any atom is -0.510 e. The van der Waals surface area contributed by atoms with Crippen LogP contribution in [0.5, 0.6) is 11.5 Å². The minimum absolute atomic E-state index is 0. The Bertz CT molecular complexity index is 5790. The van der Waals surface area contributed by atoms with Crippen LogP contribution in [0.2, 0.25) is 0 Å². The number of para-hydroxylation sites is 3. The Morgan fingerprint density at radius 1 is 0.605 bits per heavy atom. The van der Waals surface area contributed by atoms with Crippen molar-refractivity contribution < 1.29 is 85.2 Å². The van der Waals surface area contributed by atoms with Gasteiger partial charge in [0.1, 0.15) is 5.82 Å². The first-order valence-electron chi connectivity index (χ1n) is 45.2. The van der Waals surface area contributed by atoms with Gasteiger partial charge in [-0.15, -0.1) is 29.7 Å². The van der Waals surface area contributed by atoms with Crippen molar-refractivity contribution in [3.8, 4) is 62.1 Å². The molecule has 0 fully saturated rings. The maximum atomic E-state index is 10.4. The molecule has 8 aromatic carbocycles. The number of hydrogen-bond acceptors (Lipinski definition) is 2. The van der Waals surface area contributed by atoms with Gasteiger partial charge < -0.3 is 13.9 Å². The molecule has 0 aliphatic heterocycles. The van der Waals surface area contributed by atoms with Crippen LogP contribution in [0.1, 0.15) is 184 Å². The Hall–Kier alpha value is -7.33. The number of ether oxygens (including phenoxy) is 1. The van der Waals surface area contributed by atoms with Crippen molar-refractivity contribution >= 4 is 32.8 Å². The van der Waals surface area contributed by atoms with Gasteiger partial charge in [0, 0.05) is 90.9 Å². The van der Waals surface area contributed by atoms with E-state index in [4.69, 9.17) is 42.6 Å². The molecule has 13 rings (SSSR count). The van der Waals surface area contributed by atoms with Crippen molar-refractivity contribution in [1.29, 1.82) is 0 Å². The van der Waals surface area contributed by atoms with Crippen LogP contribution in [0, 0.1) is 23.9 Å². The van der Waals surface area contributed by atoms with E-state index in [9.17, 15) is 21.9 Å². The van der Waals surface area contributed by atoms with Crippen LogP contribution in [0.25, 0.3) is 83.4 Å². The van der Waals surface area contributed by atoms with E-state index in [0.29, 0.717) is 27.8 Å². The van der Waals surface area contributed by atoms with E-state index in [0.717, 1.165) is 39.3 Å². The summed E-state index contributed by atoms with van der Waals surface area (Å²) in [6.07, 6.45) is -16.7. The average molecular weight is 1280 g/mol. The Balaban J connectivity index is 0.0000134. The fraction of sp³-hybridized carbons (Fsp3) is 0.280. The summed E-state index contributed by atoms with van der Waals surface area (Å²) in [4.78, 5) is 4.74. The maximum absolute atomic E-state index is 10.4. The van der Waals surface area contributed by atoms with Crippen LogP contribution < -0.4 is 9.30 Å². The van der Waals surface area contributed by atoms with Gasteiger partial charge in [-0.25, -0.2) is 4.98 Å². The average Bonchev–Trinajstić information content (AvgIpc) is 0.905. The maximum Gasteiger partial charge on any atom is 0.268 e. The number of pyridine rings is 1. The molecule has 0 N–H and O–H groups in total. The number of imidazole rings is 1. The van der Waals surface area contributed by atoms with Crippen molar-refractivity contribution in [2.75, 3.05) is 0 Å². The van der Waals surface area contributed by atoms with Gasteiger partial charge >= 0.3 is 0 Å². The topological polar surface area (TPSA) is 35.9 Å². The second-order valence-corrected chi connectivity index (χ2v) is 20.8. The molecule has 0 spiro atoms. The summed E-state index contributed by atoms with van der Waals surface area (Å²) in [7, 11) is 0. The van der Waals surface area contributed by atoms with Crippen LogP contribution in [0.15, 0.2) is 176 Å². The van der Waals surface area contributed by atoms with Crippen LogP contribution in [0.3, 0.4) is 0 Å². The van der Waals surface area contributed by atoms with E-state index in [-0.39, 0.29) is 49.3 Å². The van der Waals surface area contributed by atoms with Crippen LogP contribution >= 0.6 is 0 Å². The number of rotatable bonds is 9. The van der Waals surface area contributed by atoms with Crippen molar-refractivity contribution in [3.63, 3.8) is 0 Å². The molecule has 0 saturated heterocycles. The predicted molar refractivity (Wildman–Crippen MR) is 330 cm³/mol. The molecule has 3 aromatic heterocycles. The van der Waals surface area contributed by atoms with Crippen LogP contribution in [0.4, 0.5) is 0 Å². The molecule has 0 radical (unpaired) electrons. The Morgan fingerprint density at radius 3 is 1.88 bits per heavy atom. The second-order valence-electron chi connectivity index (χ2n) is 20.8. The molecule has 410 valence electrons. The smallest absolute Gasteiger partial charge is 0.268 e. The Labute approximate surface area is 550 Å². The SMILES string of the molecule is [2H]c1c([2H])c2c(c([2H])c1-c1cccc(-c3c([2H])c([2H])c4c(c3[2H])C(C([2H])([2H])[2H])(C([2H])([2H])[2H])C([2H])([2H])C([2H])([2H])C4(C([2H])([2H])[2H])C([2H])([2H])[2H])c1-[n+]1[c-]n(-c3[c-]c(Oc4[c-]c5c(cc4)c4cc(-c6ccccc6)ccc4n5-c4cc(C([2H])([2H])C(C)(C)C)ccn4)ccc3)c3ccccc31)C(C([2H])([2H])[2H])(C([2H])([2H])[2H])C([2H])([2H])C([2H])([2H])C2(C([2H])([2H])[2H])C([2H])([2H])[2H].[Pt]. The summed E-state index contributed by atoms with van der Waals surface area (Å²) in [6, 6.07) is 30.5. The number of fused-ring (bicyclic) bond motifs is 6. The fourth-order valence-electron chi connectivity index (χ4n) is 10.3. The van der Waals surface area contributed by atoms with Gasteiger partial charge in [0.25, 0.3) is 6.33 Å². The predicted octanol–water partition coefficient (Wildman–Crippen LogP) is 18.9. The summed E-state index contributed by atoms with van der Waals surface area (Å²) in [5.41, 5.74) is -30.0. The summed E-state index contributed by atoms with van der Waals surface area (Å²) in [5.74, 6) is 0.275. The van der Waals surface area contributed by atoms with Crippen LogP contribution in [-0.2, 0) is 49.1 Å². The first kappa shape index (κ1) is 25.0. The van der Waals surface area contributed by atoms with Gasteiger partial charge in [-0.2, -0.15) is 18.2 Å². The number of aromatic nitrogens is 4. The first-order chi connectivity index (χ1) is 54.6. The molecular weight excluding hydrogens is 1170 g/mol. The van der Waals surface area contributed by atoms with E-state index in [1.807, 2.05) is 48.5 Å². The minimum atomic E-state index is -4.87. The molecule has 3 heterocycles. The van der Waals surface area contributed by atoms with Gasteiger partial charge in [-0.05, 0) is 149 Å². The quantitative estimate of drug-likeness (QED) is 0.107. The number of nitrogens with zero attached hydrogens (tertiary/aromatic N) is 4. The van der Waals surface area contributed by atoms with Crippen molar-refractivity contribution in [3.05, 3.63) is 222 Å². The molecule has 5 nitrogen and oxygen atoms in total. The molecule has 2 aliphatic rings. The van der Waals surface area contributed by atoms with E-state index in [1.54, 1.807) is 49.6 Å². The van der Waals surface area contributed by atoms with Gasteiger partial charge in [-0.1, -0.05) is 202 Å². The normalized spacial score (nSPS) is 27.1. The molecule has 0 amide bonds. The fourth-order valence-corrected chi connectivity index (χ4v) is 10.3. The molecule has 2 aliphatic carbocycles. The summed E-state index contributed by atoms with van der Waals surface area (Å²) in [5, 5.41) is 1.39. The van der Waals surface area contributed by atoms with Crippen molar-refractivity contribution in [1.82, 2.24) is 14.1 Å². The van der Waals surface area contributed by atoms with Crippen molar-refractivity contribution in [2.45, 2.75) is 129 Å². The van der Waals surface area contributed by atoms with E-state index in [1.165, 1.54) is 53.2 Å². The second kappa shape index (κ2) is 20.0. The summed E-state index contributed by atoms with van der Waals surface area (Å²) in [6.45, 7) is -31.3. The van der Waals surface area contributed by atoms with E-state index >= 15 is 0 Å². The molecule has 0 saturated carbocycles. The molecule has 81 heavy (non-hydrogen) atoms. The Morgan fingerprint density at radius 2 is 1.22 bits per heavy atom. The third kappa shape index (κ3) is 9.78. The zero-order chi connectivity index (χ0) is 89.7. The van der Waals surface area contributed by atoms with E-state index in [2.05, 4.69) is 18.5 Å². The van der Waals surface area contributed by atoms with Gasteiger partial charge in [0.05, 0.1) is 24.9 Å². The number of hydrogen-bond donors (Lipinski definition) is 0. The molecule has 0 unspecified atom stereocenters. The first-order valence-corrected chi connectivity index (χ1v) is 25.2. The molecule has 6 heteroatoms. The largest absolute Gasteiger partial charge is 0.510 e. The van der Waals surface area contributed by atoms with Gasteiger partial charge in [0.15, 0.2) is 0 Å². The molecular formula is C75H72N4OPt-2. The molecule has 0 atom stereocenters. The summed E-state index contributed by atoms with van der Waals surface area (Å²) >= 11 is 0. The van der Waals surface area contributed by atoms with Gasteiger partial charge in [-0.3, -0.25) is 4.57 Å². The number of benzene rings is 8. The molecule has 11 aromatic rings. The van der Waals surface area contributed by atoms with E-state index < -0.39 is 200 Å². The molecule has 0 bridgehead atoms. The Kier molecular flexibility index (Phi) is 6.18. The zero-order valence-corrected chi connectivity index (χ0v) is 45.6. The van der Waals surface area contributed by atoms with Gasteiger partial charge in [0.2, 0.25) is 0 Å². The third-order valence-corrected chi connectivity index (χ3v) is 13.8. The van der Waals surface area contributed by atoms with Crippen molar-refractivity contribution in [2.24, 2.45) is 5.41 Å². The standard InChI is InChI=1S/C75H72N4O.Pt/c1-71(2,3)47-49-35-40-76-69(41-49)79-65-34-29-51(50-19-13-12-14-20-50)42-60(65)59-31-30-56(46-68(59)79)80-55-22-17-21-54(45-55)77-48-78(67-26-16-15-25-66(67)77)70-57(52-27-32-61-63(43-52)74(8,9)38-36-72(61,4)5)23-18-24-58(70)53-28-33-62-64(44-53)75(10,11)39-37-73(62,6)7;/h12-35,40-44H,36-39,47H2,1-11H3;/q-2;/i4D3,5D3,6D3,7D3,8D3,9D3,10D3,11D3,27D,28D,32D,33D,36D2,37D2,38D2,39D2,43D,44D,47D2;.